The molecule has 1 N–H and O–H groups in total. The summed E-state index contributed by atoms with van der Waals surface area (Å²) in [6, 6.07) is 6.44. The molecule has 1 aromatic heterocycles. The molecule has 0 aliphatic carbocycles. The first-order chi connectivity index (χ1) is 9.97. The van der Waals surface area contributed by atoms with Gasteiger partial charge < -0.3 is 10.1 Å². The number of aromatic nitrogens is 2. The molecule has 21 heavy (non-hydrogen) atoms. The quantitative estimate of drug-likeness (QED) is 0.922. The van der Waals surface area contributed by atoms with Crippen LogP contribution in [-0.2, 0) is 13.5 Å². The maximum atomic E-state index is 6.35. The van der Waals surface area contributed by atoms with E-state index >= 15 is 0 Å². The van der Waals surface area contributed by atoms with Crippen LogP contribution in [0.1, 0.15) is 28.6 Å². The average Bonchev–Trinajstić information content (AvgIpc) is 2.71. The second-order valence-electron chi connectivity index (χ2n) is 5.24. The van der Waals surface area contributed by atoms with Crippen molar-refractivity contribution in [3.05, 3.63) is 45.7 Å². The lowest BCUT2D eigenvalue weighted by Crippen LogP contribution is -2.20. The van der Waals surface area contributed by atoms with Crippen LogP contribution in [0.3, 0.4) is 0 Å². The van der Waals surface area contributed by atoms with Gasteiger partial charge in [0.15, 0.2) is 0 Å². The van der Waals surface area contributed by atoms with Crippen LogP contribution in [-0.4, -0.2) is 23.9 Å². The Bertz CT molecular complexity index is 637. The fourth-order valence-corrected chi connectivity index (χ4v) is 2.77. The minimum atomic E-state index is 0.159. The van der Waals surface area contributed by atoms with Gasteiger partial charge in [0.05, 0.1) is 23.5 Å². The van der Waals surface area contributed by atoms with E-state index in [-0.39, 0.29) is 6.04 Å². The Morgan fingerprint density at radius 3 is 2.62 bits per heavy atom. The van der Waals surface area contributed by atoms with Crippen LogP contribution in [0.2, 0.25) is 5.02 Å². The highest BCUT2D eigenvalue weighted by Gasteiger charge is 2.18. The third kappa shape index (κ3) is 3.22. The number of likely N-dealkylation sites (N-methyl/N-ethyl adjacent to an activating group) is 1. The van der Waals surface area contributed by atoms with E-state index in [1.54, 1.807) is 7.11 Å². The van der Waals surface area contributed by atoms with Gasteiger partial charge in [-0.15, -0.1) is 0 Å². The van der Waals surface area contributed by atoms with E-state index in [4.69, 9.17) is 16.3 Å². The number of benzene rings is 1. The third-order valence-corrected chi connectivity index (χ3v) is 4.33. The van der Waals surface area contributed by atoms with Crippen molar-refractivity contribution in [1.82, 2.24) is 15.1 Å². The molecule has 1 atom stereocenters. The van der Waals surface area contributed by atoms with Gasteiger partial charge in [0.25, 0.3) is 0 Å². The summed E-state index contributed by atoms with van der Waals surface area (Å²) < 4.78 is 7.27. The molecular weight excluding hydrogens is 286 g/mol. The van der Waals surface area contributed by atoms with Gasteiger partial charge in [-0.3, -0.25) is 4.68 Å². The summed E-state index contributed by atoms with van der Waals surface area (Å²) in [4.78, 5) is 0. The Kier molecular flexibility index (Phi) is 4.91. The molecule has 114 valence electrons. The zero-order valence-electron chi connectivity index (χ0n) is 13.2. The van der Waals surface area contributed by atoms with Crippen molar-refractivity contribution in [2.45, 2.75) is 26.3 Å². The van der Waals surface area contributed by atoms with Crippen LogP contribution in [0.25, 0.3) is 0 Å². The maximum absolute atomic E-state index is 6.35. The maximum Gasteiger partial charge on any atom is 0.122 e. The molecule has 0 fully saturated rings. The lowest BCUT2D eigenvalue weighted by molar-refractivity contribution is 0.410. The van der Waals surface area contributed by atoms with Gasteiger partial charge in [-0.2, -0.15) is 5.10 Å². The highest BCUT2D eigenvalue weighted by atomic mass is 35.5. The molecule has 2 rings (SSSR count). The predicted molar refractivity (Wildman–Crippen MR) is 86.2 cm³/mol. The third-order valence-electron chi connectivity index (χ3n) is 3.84. The first-order valence-corrected chi connectivity index (χ1v) is 7.35. The fourth-order valence-electron chi connectivity index (χ4n) is 2.54. The van der Waals surface area contributed by atoms with Crippen molar-refractivity contribution in [1.29, 1.82) is 0 Å². The SMILES string of the molecule is CNC(Cc1c(Cl)c(C)nn1C)c1ccc(C)c(OC)c1. The summed E-state index contributed by atoms with van der Waals surface area (Å²) >= 11 is 6.35. The van der Waals surface area contributed by atoms with Crippen molar-refractivity contribution in [2.24, 2.45) is 7.05 Å². The lowest BCUT2D eigenvalue weighted by atomic mass is 10.00. The van der Waals surface area contributed by atoms with E-state index in [0.717, 1.165) is 34.1 Å². The summed E-state index contributed by atoms with van der Waals surface area (Å²) in [5.41, 5.74) is 4.21. The second kappa shape index (κ2) is 6.50. The molecule has 0 amide bonds. The van der Waals surface area contributed by atoms with Gasteiger partial charge in [0.1, 0.15) is 5.75 Å². The number of methoxy groups -OCH3 is 1. The molecule has 0 bridgehead atoms. The van der Waals surface area contributed by atoms with Crippen LogP contribution in [0.5, 0.6) is 5.75 Å². The van der Waals surface area contributed by atoms with Gasteiger partial charge in [-0.25, -0.2) is 0 Å². The molecule has 5 heteroatoms. The first kappa shape index (κ1) is 15.9. The predicted octanol–water partition coefficient (Wildman–Crippen LogP) is 3.20. The normalized spacial score (nSPS) is 12.5. The fraction of sp³-hybridized carbons (Fsp3) is 0.438. The van der Waals surface area contributed by atoms with E-state index in [9.17, 15) is 0 Å². The summed E-state index contributed by atoms with van der Waals surface area (Å²) in [5, 5.41) is 8.46. The molecule has 0 aliphatic rings. The van der Waals surface area contributed by atoms with E-state index < -0.39 is 0 Å². The Balaban J connectivity index is 2.32. The molecular formula is C16H22ClN3O. The zero-order chi connectivity index (χ0) is 15.6. The van der Waals surface area contributed by atoms with Gasteiger partial charge in [0.2, 0.25) is 0 Å². The summed E-state index contributed by atoms with van der Waals surface area (Å²) in [5.74, 6) is 0.903. The number of nitrogens with one attached hydrogen (secondary N) is 1. The number of rotatable bonds is 5. The number of aryl methyl sites for hydroxylation is 3. The van der Waals surface area contributed by atoms with Crippen LogP contribution in [0.15, 0.2) is 18.2 Å². The van der Waals surface area contributed by atoms with Crippen LogP contribution in [0.4, 0.5) is 0 Å². The number of halogens is 1. The van der Waals surface area contributed by atoms with E-state index in [1.807, 2.05) is 32.6 Å². The van der Waals surface area contributed by atoms with Crippen molar-refractivity contribution in [2.75, 3.05) is 14.2 Å². The summed E-state index contributed by atoms with van der Waals surface area (Å²) in [7, 11) is 5.58. The highest BCUT2D eigenvalue weighted by molar-refractivity contribution is 6.31. The van der Waals surface area contributed by atoms with Crippen LogP contribution in [0, 0.1) is 13.8 Å². The summed E-state index contributed by atoms with van der Waals surface area (Å²) in [6.07, 6.45) is 0.777. The van der Waals surface area contributed by atoms with E-state index in [1.165, 1.54) is 5.56 Å². The van der Waals surface area contributed by atoms with Crippen molar-refractivity contribution in [3.63, 3.8) is 0 Å². The van der Waals surface area contributed by atoms with E-state index in [2.05, 4.69) is 28.6 Å². The molecule has 0 spiro atoms. The largest absolute Gasteiger partial charge is 0.496 e. The van der Waals surface area contributed by atoms with E-state index in [0.29, 0.717) is 0 Å². The van der Waals surface area contributed by atoms with Crippen molar-refractivity contribution >= 4 is 11.6 Å². The van der Waals surface area contributed by atoms with Gasteiger partial charge in [-0.05, 0) is 38.1 Å². The Morgan fingerprint density at radius 1 is 1.38 bits per heavy atom. The molecule has 0 aliphatic heterocycles. The Labute approximate surface area is 131 Å². The number of nitrogens with zero attached hydrogens (tertiary/aromatic N) is 2. The number of hydrogen-bond acceptors (Lipinski definition) is 3. The smallest absolute Gasteiger partial charge is 0.122 e. The van der Waals surface area contributed by atoms with Crippen molar-refractivity contribution in [3.8, 4) is 5.75 Å². The molecule has 0 saturated heterocycles. The highest BCUT2D eigenvalue weighted by Crippen LogP contribution is 2.28. The minimum Gasteiger partial charge on any atom is -0.496 e. The summed E-state index contributed by atoms with van der Waals surface area (Å²) in [6.45, 7) is 3.97. The van der Waals surface area contributed by atoms with Crippen LogP contribution >= 0.6 is 11.6 Å². The Morgan fingerprint density at radius 2 is 2.10 bits per heavy atom. The molecule has 1 unspecified atom stereocenters. The van der Waals surface area contributed by atoms with Gasteiger partial charge in [0, 0.05) is 19.5 Å². The monoisotopic (exact) mass is 307 g/mol. The van der Waals surface area contributed by atoms with Crippen molar-refractivity contribution < 1.29 is 4.74 Å². The number of hydrogen-bond donors (Lipinski definition) is 1. The molecule has 2 aromatic rings. The lowest BCUT2D eigenvalue weighted by Gasteiger charge is -2.18. The molecule has 0 radical (unpaired) electrons. The molecule has 0 saturated carbocycles. The second-order valence-corrected chi connectivity index (χ2v) is 5.62. The molecule has 1 aromatic carbocycles. The van der Waals surface area contributed by atoms with Crippen LogP contribution < -0.4 is 10.1 Å². The average molecular weight is 308 g/mol. The standard InChI is InChI=1S/C16H22ClN3O/c1-10-6-7-12(8-15(10)21-5)13(18-3)9-14-16(17)11(2)19-20(14)4/h6-8,13,18H,9H2,1-5H3. The Hall–Kier alpha value is -1.52. The molecule has 1 heterocycles. The first-order valence-electron chi connectivity index (χ1n) is 6.97. The zero-order valence-corrected chi connectivity index (χ0v) is 14.0. The molecule has 4 nitrogen and oxygen atoms in total. The van der Waals surface area contributed by atoms with Gasteiger partial charge in [-0.1, -0.05) is 23.7 Å². The minimum absolute atomic E-state index is 0.159. The van der Waals surface area contributed by atoms with Gasteiger partial charge >= 0.3 is 0 Å². The number of ether oxygens (including phenoxy) is 1. The topological polar surface area (TPSA) is 39.1 Å².